The van der Waals surface area contributed by atoms with Gasteiger partial charge in [0.15, 0.2) is 0 Å². The van der Waals surface area contributed by atoms with Crippen LogP contribution in [0.25, 0.3) is 10.9 Å². The monoisotopic (exact) mass is 529 g/mol. The van der Waals surface area contributed by atoms with Gasteiger partial charge in [0.2, 0.25) is 5.91 Å². The van der Waals surface area contributed by atoms with Crippen LogP contribution in [0.2, 0.25) is 0 Å². The highest BCUT2D eigenvalue weighted by atomic mass is 16.4. The Labute approximate surface area is 222 Å². The summed E-state index contributed by atoms with van der Waals surface area (Å²) in [6, 6.07) is 21.1. The van der Waals surface area contributed by atoms with Gasteiger partial charge in [0.1, 0.15) is 6.54 Å². The van der Waals surface area contributed by atoms with Crippen LogP contribution >= 0.6 is 0 Å². The zero-order valence-electron chi connectivity index (χ0n) is 21.1. The quantitative estimate of drug-likeness (QED) is 0.261. The fourth-order valence-corrected chi connectivity index (χ4v) is 4.18. The molecule has 0 unspecified atom stereocenters. The molecule has 0 aliphatic heterocycles. The predicted octanol–water partition coefficient (Wildman–Crippen LogP) is 2.35. The number of hydrogen-bond donors (Lipinski definition) is 4. The van der Waals surface area contributed by atoms with Crippen LogP contribution in [-0.2, 0) is 29.7 Å². The minimum Gasteiger partial charge on any atom is -0.481 e. The average Bonchev–Trinajstić information content (AvgIpc) is 2.93. The van der Waals surface area contributed by atoms with Gasteiger partial charge in [-0.05, 0) is 29.3 Å². The van der Waals surface area contributed by atoms with Gasteiger partial charge in [0.05, 0.1) is 23.4 Å². The van der Waals surface area contributed by atoms with Crippen molar-refractivity contribution in [3.63, 3.8) is 0 Å². The lowest BCUT2D eigenvalue weighted by Gasteiger charge is -2.18. The lowest BCUT2D eigenvalue weighted by Crippen LogP contribution is -2.44. The van der Waals surface area contributed by atoms with Crippen LogP contribution in [0.3, 0.4) is 0 Å². The van der Waals surface area contributed by atoms with Crippen LogP contribution in [0.15, 0.2) is 88.5 Å². The van der Waals surface area contributed by atoms with E-state index < -0.39 is 41.7 Å². The number of benzene rings is 3. The minimum absolute atomic E-state index is 0.121. The molecule has 11 nitrogen and oxygen atoms in total. The summed E-state index contributed by atoms with van der Waals surface area (Å²) in [6.07, 6.45) is -0.373. The van der Waals surface area contributed by atoms with Crippen LogP contribution in [0, 0.1) is 0 Å². The van der Waals surface area contributed by atoms with Crippen LogP contribution < -0.4 is 27.2 Å². The molecule has 0 spiro atoms. The zero-order chi connectivity index (χ0) is 27.9. The lowest BCUT2D eigenvalue weighted by molar-refractivity contribution is -0.137. The third kappa shape index (κ3) is 6.58. The van der Waals surface area contributed by atoms with E-state index in [-0.39, 0.29) is 11.8 Å². The Hall–Kier alpha value is -5.19. The van der Waals surface area contributed by atoms with Crippen LogP contribution in [0.4, 0.5) is 10.5 Å². The molecule has 1 atom stereocenters. The first kappa shape index (κ1) is 26.9. The third-order valence-corrected chi connectivity index (χ3v) is 6.12. The number of carboxylic acid groups (broad SMARTS) is 1. The normalized spacial score (nSPS) is 11.5. The van der Waals surface area contributed by atoms with E-state index in [1.807, 2.05) is 30.3 Å². The van der Waals surface area contributed by atoms with Crippen LogP contribution in [0.1, 0.15) is 23.6 Å². The largest absolute Gasteiger partial charge is 0.481 e. The molecule has 4 rings (SSSR count). The molecular weight excluding hydrogens is 502 g/mol. The number of amides is 3. The van der Waals surface area contributed by atoms with Crippen molar-refractivity contribution in [2.24, 2.45) is 7.05 Å². The maximum atomic E-state index is 13.3. The van der Waals surface area contributed by atoms with E-state index in [0.29, 0.717) is 23.3 Å². The van der Waals surface area contributed by atoms with E-state index in [0.717, 1.165) is 10.1 Å². The fraction of sp³-hybridized carbons (Fsp3) is 0.179. The van der Waals surface area contributed by atoms with Crippen molar-refractivity contribution in [3.05, 3.63) is 111 Å². The molecule has 0 aliphatic rings. The average molecular weight is 530 g/mol. The number of carbonyl (C=O) groups excluding carboxylic acids is 2. The number of urea groups is 1. The van der Waals surface area contributed by atoms with Gasteiger partial charge in [-0.15, -0.1) is 0 Å². The van der Waals surface area contributed by atoms with Gasteiger partial charge >= 0.3 is 17.7 Å². The molecule has 4 N–H and O–H groups in total. The molecule has 3 amide bonds. The maximum absolute atomic E-state index is 13.3. The summed E-state index contributed by atoms with van der Waals surface area (Å²) >= 11 is 0. The van der Waals surface area contributed by atoms with E-state index in [1.54, 1.807) is 36.4 Å². The first-order chi connectivity index (χ1) is 18.7. The van der Waals surface area contributed by atoms with Gasteiger partial charge in [-0.2, -0.15) is 0 Å². The molecule has 0 fully saturated rings. The second kappa shape index (κ2) is 11.9. The molecule has 0 saturated heterocycles. The van der Waals surface area contributed by atoms with Crippen LogP contribution in [0.5, 0.6) is 0 Å². The van der Waals surface area contributed by atoms with Gasteiger partial charge in [0.25, 0.3) is 5.56 Å². The van der Waals surface area contributed by atoms with Crippen molar-refractivity contribution in [1.82, 2.24) is 19.8 Å². The number of aromatic nitrogens is 2. The Morgan fingerprint density at radius 1 is 0.923 bits per heavy atom. The van der Waals surface area contributed by atoms with Gasteiger partial charge in [-0.1, -0.05) is 60.7 Å². The molecule has 11 heteroatoms. The summed E-state index contributed by atoms with van der Waals surface area (Å²) in [5.41, 5.74) is 0.716. The van der Waals surface area contributed by atoms with Gasteiger partial charge < -0.3 is 21.1 Å². The number of nitrogens with one attached hydrogen (secondary N) is 3. The number of fused-ring (bicyclic) bond motifs is 1. The first-order valence-corrected chi connectivity index (χ1v) is 12.1. The summed E-state index contributed by atoms with van der Waals surface area (Å²) in [5.74, 6) is -1.81. The Balaban J connectivity index is 1.55. The molecule has 1 aromatic heterocycles. The van der Waals surface area contributed by atoms with E-state index in [1.165, 1.54) is 23.7 Å². The highest BCUT2D eigenvalue weighted by Crippen LogP contribution is 2.17. The van der Waals surface area contributed by atoms with E-state index in [2.05, 4.69) is 16.0 Å². The number of aliphatic carboxylic acids is 1. The fourth-order valence-electron chi connectivity index (χ4n) is 4.18. The topological polar surface area (TPSA) is 152 Å². The van der Waals surface area contributed by atoms with E-state index in [9.17, 15) is 29.1 Å². The summed E-state index contributed by atoms with van der Waals surface area (Å²) in [5, 5.41) is 17.4. The highest BCUT2D eigenvalue weighted by molar-refractivity contribution is 5.92. The maximum Gasteiger partial charge on any atom is 0.331 e. The van der Waals surface area contributed by atoms with Crippen LogP contribution in [-0.4, -0.2) is 32.1 Å². The highest BCUT2D eigenvalue weighted by Gasteiger charge is 2.20. The van der Waals surface area contributed by atoms with Crippen molar-refractivity contribution in [2.45, 2.75) is 25.6 Å². The number of carbonyl (C=O) groups is 3. The summed E-state index contributed by atoms with van der Waals surface area (Å²) < 4.78 is 2.01. The third-order valence-electron chi connectivity index (χ3n) is 6.12. The van der Waals surface area contributed by atoms with Crippen molar-refractivity contribution in [2.75, 3.05) is 5.32 Å². The Kier molecular flexibility index (Phi) is 8.20. The molecule has 4 aromatic rings. The molecule has 39 heavy (non-hydrogen) atoms. The molecule has 0 aliphatic carbocycles. The number of anilines is 1. The molecule has 0 bridgehead atoms. The Morgan fingerprint density at radius 2 is 1.59 bits per heavy atom. The van der Waals surface area contributed by atoms with Crippen molar-refractivity contribution < 1.29 is 19.5 Å². The van der Waals surface area contributed by atoms with Gasteiger partial charge in [0, 0.05) is 19.3 Å². The zero-order valence-corrected chi connectivity index (χ0v) is 21.1. The number of nitrogens with zero attached hydrogens (tertiary/aromatic N) is 2. The molecule has 0 radical (unpaired) electrons. The summed E-state index contributed by atoms with van der Waals surface area (Å²) in [6.45, 7) is -0.303. The lowest BCUT2D eigenvalue weighted by atomic mass is 10.0. The number of rotatable bonds is 9. The Morgan fingerprint density at radius 3 is 2.26 bits per heavy atom. The first-order valence-electron chi connectivity index (χ1n) is 12.1. The van der Waals surface area contributed by atoms with Crippen molar-refractivity contribution >= 4 is 34.5 Å². The predicted molar refractivity (Wildman–Crippen MR) is 145 cm³/mol. The SMILES string of the molecule is Cn1c(=O)n(CC(=O)N[C@@H](CC(=O)O)c2ccccc2)c(=O)c2cc(NC(=O)NCc3ccccc3)ccc21. The summed E-state index contributed by atoms with van der Waals surface area (Å²) in [7, 11) is 1.47. The minimum atomic E-state index is -1.12. The molecule has 3 aromatic carbocycles. The van der Waals surface area contributed by atoms with Crippen molar-refractivity contribution in [1.29, 1.82) is 0 Å². The molecular formula is C28H27N5O6. The van der Waals surface area contributed by atoms with Gasteiger partial charge in [-0.3, -0.25) is 23.5 Å². The Bertz CT molecular complexity index is 1630. The number of aryl methyl sites for hydroxylation is 1. The van der Waals surface area contributed by atoms with E-state index in [4.69, 9.17) is 0 Å². The van der Waals surface area contributed by atoms with Crippen molar-refractivity contribution in [3.8, 4) is 0 Å². The second-order valence-corrected chi connectivity index (χ2v) is 8.89. The second-order valence-electron chi connectivity index (χ2n) is 8.89. The van der Waals surface area contributed by atoms with Gasteiger partial charge in [-0.25, -0.2) is 9.59 Å². The number of carboxylic acids is 1. The van der Waals surface area contributed by atoms with E-state index >= 15 is 0 Å². The molecule has 1 heterocycles. The summed E-state index contributed by atoms with van der Waals surface area (Å²) in [4.78, 5) is 62.8. The smallest absolute Gasteiger partial charge is 0.331 e. The number of hydrogen-bond acceptors (Lipinski definition) is 5. The molecule has 200 valence electrons. The molecule has 0 saturated carbocycles. The standard InChI is InChI=1S/C28H27N5O6/c1-32-23-13-12-20(30-27(38)29-16-18-8-4-2-5-9-18)14-21(23)26(37)33(28(32)39)17-24(34)31-22(15-25(35)36)19-10-6-3-7-11-19/h2-14,22H,15-17H2,1H3,(H,31,34)(H,35,36)(H2,29,30,38)/t22-/m0/s1.